The summed E-state index contributed by atoms with van der Waals surface area (Å²) < 4.78 is 0.794. The Labute approximate surface area is 103 Å². The van der Waals surface area contributed by atoms with Gasteiger partial charge in [-0.05, 0) is 30.3 Å². The van der Waals surface area contributed by atoms with Crippen molar-refractivity contribution in [1.82, 2.24) is 0 Å². The van der Waals surface area contributed by atoms with Gasteiger partial charge in [0, 0.05) is 17.1 Å². The molecule has 0 radical (unpaired) electrons. The van der Waals surface area contributed by atoms with Crippen molar-refractivity contribution in [3.63, 3.8) is 0 Å². The van der Waals surface area contributed by atoms with Crippen LogP contribution >= 0.6 is 22.9 Å². The molecule has 0 atom stereocenters. The van der Waals surface area contributed by atoms with E-state index in [4.69, 9.17) is 16.9 Å². The van der Waals surface area contributed by atoms with E-state index in [2.05, 4.69) is 11.4 Å². The fraction of sp³-hybridized carbons (Fsp3) is 0.0833. The Bertz CT molecular complexity index is 528. The van der Waals surface area contributed by atoms with Gasteiger partial charge in [0.15, 0.2) is 0 Å². The minimum atomic E-state index is 0.661. The summed E-state index contributed by atoms with van der Waals surface area (Å²) in [5.74, 6) is 0. The molecule has 1 aromatic heterocycles. The van der Waals surface area contributed by atoms with E-state index in [1.54, 1.807) is 17.4 Å². The molecule has 0 fully saturated rings. The molecule has 0 saturated heterocycles. The Balaban J connectivity index is 2.02. The SMILES string of the molecule is N#Cc1cccc(NCc2ccc(Cl)s2)c1. The third-order valence-electron chi connectivity index (χ3n) is 2.09. The molecule has 1 N–H and O–H groups in total. The Kier molecular flexibility index (Phi) is 3.45. The van der Waals surface area contributed by atoms with E-state index in [1.807, 2.05) is 30.3 Å². The molecule has 80 valence electrons. The molecule has 2 rings (SSSR count). The van der Waals surface area contributed by atoms with Gasteiger partial charge < -0.3 is 5.32 Å². The van der Waals surface area contributed by atoms with Crippen LogP contribution in [0, 0.1) is 11.3 Å². The lowest BCUT2D eigenvalue weighted by Crippen LogP contribution is -1.97. The average molecular weight is 249 g/mol. The second kappa shape index (κ2) is 5.02. The molecule has 4 heteroatoms. The van der Waals surface area contributed by atoms with E-state index in [0.717, 1.165) is 16.6 Å². The fourth-order valence-electron chi connectivity index (χ4n) is 1.33. The summed E-state index contributed by atoms with van der Waals surface area (Å²) in [6, 6.07) is 13.4. The van der Waals surface area contributed by atoms with Crippen LogP contribution in [0.25, 0.3) is 0 Å². The molecule has 0 saturated carbocycles. The number of nitrogens with one attached hydrogen (secondary N) is 1. The number of nitrogens with zero attached hydrogens (tertiary/aromatic N) is 1. The van der Waals surface area contributed by atoms with Gasteiger partial charge in [-0.15, -0.1) is 11.3 Å². The van der Waals surface area contributed by atoms with Crippen molar-refractivity contribution >= 4 is 28.6 Å². The summed E-state index contributed by atoms with van der Waals surface area (Å²) in [5.41, 5.74) is 1.61. The monoisotopic (exact) mass is 248 g/mol. The second-order valence-electron chi connectivity index (χ2n) is 3.25. The highest BCUT2D eigenvalue weighted by molar-refractivity contribution is 7.16. The van der Waals surface area contributed by atoms with Crippen molar-refractivity contribution in [3.05, 3.63) is 51.2 Å². The van der Waals surface area contributed by atoms with Crippen molar-refractivity contribution in [2.45, 2.75) is 6.54 Å². The second-order valence-corrected chi connectivity index (χ2v) is 5.05. The summed E-state index contributed by atoms with van der Waals surface area (Å²) in [5, 5.41) is 12.0. The minimum Gasteiger partial charge on any atom is -0.380 e. The van der Waals surface area contributed by atoms with E-state index >= 15 is 0 Å². The Morgan fingerprint density at radius 3 is 2.88 bits per heavy atom. The van der Waals surface area contributed by atoms with E-state index in [9.17, 15) is 0 Å². The molecule has 0 bridgehead atoms. The van der Waals surface area contributed by atoms with E-state index < -0.39 is 0 Å². The molecule has 0 unspecified atom stereocenters. The maximum absolute atomic E-state index is 8.76. The molecule has 1 heterocycles. The van der Waals surface area contributed by atoms with Gasteiger partial charge in [-0.25, -0.2) is 0 Å². The summed E-state index contributed by atoms with van der Waals surface area (Å²) in [6.07, 6.45) is 0. The lowest BCUT2D eigenvalue weighted by Gasteiger charge is -2.04. The van der Waals surface area contributed by atoms with Crippen molar-refractivity contribution in [2.24, 2.45) is 0 Å². The standard InChI is InChI=1S/C12H9ClN2S/c13-12-5-4-11(16-12)8-15-10-3-1-2-9(6-10)7-14/h1-6,15H,8H2. The highest BCUT2D eigenvalue weighted by Crippen LogP contribution is 2.22. The molecule has 0 aliphatic carbocycles. The first-order valence-electron chi connectivity index (χ1n) is 4.76. The van der Waals surface area contributed by atoms with Gasteiger partial charge in [-0.2, -0.15) is 5.26 Å². The highest BCUT2D eigenvalue weighted by atomic mass is 35.5. The Morgan fingerprint density at radius 2 is 2.19 bits per heavy atom. The molecule has 2 aromatic rings. The molecule has 0 amide bonds. The fourth-order valence-corrected chi connectivity index (χ4v) is 2.36. The summed E-state index contributed by atoms with van der Waals surface area (Å²) in [7, 11) is 0. The molecule has 0 aliphatic rings. The zero-order valence-electron chi connectivity index (χ0n) is 8.40. The molecular formula is C12H9ClN2S. The van der Waals surface area contributed by atoms with Crippen molar-refractivity contribution in [1.29, 1.82) is 5.26 Å². The predicted molar refractivity (Wildman–Crippen MR) is 67.8 cm³/mol. The van der Waals surface area contributed by atoms with Gasteiger partial charge in [0.05, 0.1) is 16.0 Å². The van der Waals surface area contributed by atoms with Gasteiger partial charge in [-0.1, -0.05) is 17.7 Å². The maximum Gasteiger partial charge on any atom is 0.0992 e. The third-order valence-corrected chi connectivity index (χ3v) is 3.32. The number of rotatable bonds is 3. The molecular weight excluding hydrogens is 240 g/mol. The number of benzene rings is 1. The van der Waals surface area contributed by atoms with Crippen LogP contribution in [0.5, 0.6) is 0 Å². The van der Waals surface area contributed by atoms with Crippen LogP contribution in [-0.4, -0.2) is 0 Å². The first-order chi connectivity index (χ1) is 7.78. The van der Waals surface area contributed by atoms with Crippen molar-refractivity contribution < 1.29 is 0 Å². The largest absolute Gasteiger partial charge is 0.380 e. The van der Waals surface area contributed by atoms with Gasteiger partial charge in [0.1, 0.15) is 0 Å². The highest BCUT2D eigenvalue weighted by Gasteiger charge is 1.98. The van der Waals surface area contributed by atoms with Crippen LogP contribution in [0.1, 0.15) is 10.4 Å². The zero-order chi connectivity index (χ0) is 11.4. The van der Waals surface area contributed by atoms with Crippen LogP contribution in [0.15, 0.2) is 36.4 Å². The predicted octanol–water partition coefficient (Wildman–Crippen LogP) is 3.89. The van der Waals surface area contributed by atoms with Crippen molar-refractivity contribution in [3.8, 4) is 6.07 Å². The van der Waals surface area contributed by atoms with Gasteiger partial charge in [-0.3, -0.25) is 0 Å². The van der Waals surface area contributed by atoms with Gasteiger partial charge in [0.2, 0.25) is 0 Å². The van der Waals surface area contributed by atoms with Crippen LogP contribution in [0.2, 0.25) is 4.34 Å². The lowest BCUT2D eigenvalue weighted by atomic mass is 10.2. The molecule has 0 aliphatic heterocycles. The number of thiophene rings is 1. The normalized spacial score (nSPS) is 9.75. The van der Waals surface area contributed by atoms with Gasteiger partial charge in [0.25, 0.3) is 0 Å². The summed E-state index contributed by atoms with van der Waals surface area (Å²) in [4.78, 5) is 1.17. The van der Waals surface area contributed by atoms with Crippen LogP contribution in [0.3, 0.4) is 0 Å². The van der Waals surface area contributed by atoms with Crippen LogP contribution < -0.4 is 5.32 Å². The lowest BCUT2D eigenvalue weighted by molar-refractivity contribution is 1.19. The third kappa shape index (κ3) is 2.75. The first kappa shape index (κ1) is 11.0. The van der Waals surface area contributed by atoms with E-state index in [1.165, 1.54) is 4.88 Å². The number of hydrogen-bond acceptors (Lipinski definition) is 3. The first-order valence-corrected chi connectivity index (χ1v) is 5.95. The van der Waals surface area contributed by atoms with Gasteiger partial charge >= 0.3 is 0 Å². The van der Waals surface area contributed by atoms with E-state index in [-0.39, 0.29) is 0 Å². The zero-order valence-corrected chi connectivity index (χ0v) is 9.98. The molecule has 1 aromatic carbocycles. The molecule has 16 heavy (non-hydrogen) atoms. The number of anilines is 1. The van der Waals surface area contributed by atoms with Crippen LogP contribution in [0.4, 0.5) is 5.69 Å². The number of hydrogen-bond donors (Lipinski definition) is 1. The Morgan fingerprint density at radius 1 is 1.31 bits per heavy atom. The summed E-state index contributed by atoms with van der Waals surface area (Å²) >= 11 is 7.39. The molecule has 0 spiro atoms. The topological polar surface area (TPSA) is 35.8 Å². The summed E-state index contributed by atoms with van der Waals surface area (Å²) in [6.45, 7) is 0.728. The van der Waals surface area contributed by atoms with E-state index in [0.29, 0.717) is 5.56 Å². The minimum absolute atomic E-state index is 0.661. The smallest absolute Gasteiger partial charge is 0.0992 e. The maximum atomic E-state index is 8.76. The molecule has 2 nitrogen and oxygen atoms in total. The Hall–Kier alpha value is -1.50. The van der Waals surface area contributed by atoms with Crippen molar-refractivity contribution in [2.75, 3.05) is 5.32 Å². The van der Waals surface area contributed by atoms with Crippen LogP contribution in [-0.2, 0) is 6.54 Å². The quantitative estimate of drug-likeness (QED) is 0.895. The number of nitriles is 1. The average Bonchev–Trinajstić information content (AvgIpc) is 2.73. The number of halogens is 1.